The van der Waals surface area contributed by atoms with Gasteiger partial charge in [-0.25, -0.2) is 0 Å². The Hall–Kier alpha value is -0.810. The first-order valence-corrected chi connectivity index (χ1v) is 8.42. The standard InChI is InChI=1S/C18H29N3O.2ClH/c1-14(21-17(22)16(20)10-7-13-19)18(11-5-6-12-18)15-8-3-2-4-9-15;;/h2-4,8-9,14,16H,5-7,10-13,19-20H2,1H3,(H,21,22);2*1H/t14?,16-;;/m0../s1. The predicted octanol–water partition coefficient (Wildman–Crippen LogP) is 2.91. The van der Waals surface area contributed by atoms with E-state index in [0.717, 1.165) is 19.3 Å². The van der Waals surface area contributed by atoms with E-state index in [0.29, 0.717) is 13.0 Å². The summed E-state index contributed by atoms with van der Waals surface area (Å²) >= 11 is 0. The van der Waals surface area contributed by atoms with E-state index >= 15 is 0 Å². The lowest BCUT2D eigenvalue weighted by molar-refractivity contribution is -0.123. The van der Waals surface area contributed by atoms with Crippen molar-refractivity contribution in [3.8, 4) is 0 Å². The zero-order chi connectivity index (χ0) is 16.0. The Kier molecular flexibility index (Phi) is 10.6. The third-order valence-corrected chi connectivity index (χ3v) is 5.09. The Bertz CT molecular complexity index is 478. The second-order valence-corrected chi connectivity index (χ2v) is 6.50. The Morgan fingerprint density at radius 2 is 1.79 bits per heavy atom. The van der Waals surface area contributed by atoms with Gasteiger partial charge in [0.1, 0.15) is 0 Å². The van der Waals surface area contributed by atoms with E-state index in [1.165, 1.54) is 18.4 Å². The maximum absolute atomic E-state index is 12.3. The van der Waals surface area contributed by atoms with E-state index < -0.39 is 6.04 Å². The van der Waals surface area contributed by atoms with Gasteiger partial charge in [-0.3, -0.25) is 4.79 Å². The number of carbonyl (C=O) groups is 1. The van der Waals surface area contributed by atoms with Crippen LogP contribution in [0, 0.1) is 0 Å². The van der Waals surface area contributed by atoms with Crippen molar-refractivity contribution in [1.29, 1.82) is 0 Å². The molecule has 0 spiro atoms. The number of rotatable bonds is 7. The lowest BCUT2D eigenvalue weighted by Crippen LogP contribution is -2.52. The van der Waals surface area contributed by atoms with E-state index in [2.05, 4.69) is 36.5 Å². The number of amides is 1. The fourth-order valence-electron chi connectivity index (χ4n) is 3.68. The molecule has 0 aromatic heterocycles. The predicted molar refractivity (Wildman–Crippen MR) is 105 cm³/mol. The van der Waals surface area contributed by atoms with Crippen LogP contribution < -0.4 is 16.8 Å². The maximum Gasteiger partial charge on any atom is 0.237 e. The third-order valence-electron chi connectivity index (χ3n) is 5.09. The molecule has 0 radical (unpaired) electrons. The molecule has 138 valence electrons. The molecule has 5 N–H and O–H groups in total. The van der Waals surface area contributed by atoms with Crippen LogP contribution in [-0.2, 0) is 10.2 Å². The van der Waals surface area contributed by atoms with Crippen molar-refractivity contribution < 1.29 is 4.79 Å². The van der Waals surface area contributed by atoms with E-state index in [1.807, 2.05) is 6.07 Å². The highest BCUT2D eigenvalue weighted by Crippen LogP contribution is 2.43. The summed E-state index contributed by atoms with van der Waals surface area (Å²) in [4.78, 5) is 12.3. The zero-order valence-electron chi connectivity index (χ0n) is 14.4. The molecule has 1 fully saturated rings. The molecule has 4 nitrogen and oxygen atoms in total. The maximum atomic E-state index is 12.3. The Labute approximate surface area is 158 Å². The molecule has 1 unspecified atom stereocenters. The van der Waals surface area contributed by atoms with Crippen molar-refractivity contribution in [1.82, 2.24) is 5.32 Å². The largest absolute Gasteiger partial charge is 0.351 e. The fraction of sp³-hybridized carbons (Fsp3) is 0.611. The first kappa shape index (κ1) is 23.2. The number of benzene rings is 1. The summed E-state index contributed by atoms with van der Waals surface area (Å²) in [6.45, 7) is 2.69. The molecule has 0 saturated heterocycles. The SMILES string of the molecule is CC(NC(=O)[C@@H](N)CCCN)C1(c2ccccc2)CCCC1.Cl.Cl. The molecule has 6 heteroatoms. The number of nitrogens with two attached hydrogens (primary N) is 2. The highest BCUT2D eigenvalue weighted by molar-refractivity contribution is 5.85. The van der Waals surface area contributed by atoms with E-state index in [-0.39, 0.29) is 42.2 Å². The van der Waals surface area contributed by atoms with Crippen molar-refractivity contribution in [2.45, 2.75) is 62.9 Å². The van der Waals surface area contributed by atoms with Crippen LogP contribution in [0.5, 0.6) is 0 Å². The Morgan fingerprint density at radius 1 is 1.21 bits per heavy atom. The van der Waals surface area contributed by atoms with Gasteiger partial charge in [-0.1, -0.05) is 43.2 Å². The fourth-order valence-corrected chi connectivity index (χ4v) is 3.68. The molecule has 1 aliphatic carbocycles. The lowest BCUT2D eigenvalue weighted by Gasteiger charge is -2.37. The van der Waals surface area contributed by atoms with Gasteiger partial charge < -0.3 is 16.8 Å². The molecule has 2 rings (SSSR count). The van der Waals surface area contributed by atoms with E-state index in [4.69, 9.17) is 11.5 Å². The van der Waals surface area contributed by atoms with Crippen LogP contribution in [0.4, 0.5) is 0 Å². The molecule has 1 saturated carbocycles. The van der Waals surface area contributed by atoms with Gasteiger partial charge in [-0.2, -0.15) is 0 Å². The summed E-state index contributed by atoms with van der Waals surface area (Å²) in [6, 6.07) is 10.2. The molecule has 2 atom stereocenters. The Morgan fingerprint density at radius 3 is 2.33 bits per heavy atom. The van der Waals surface area contributed by atoms with Crippen LogP contribution in [0.25, 0.3) is 0 Å². The highest BCUT2D eigenvalue weighted by Gasteiger charge is 2.41. The molecule has 1 aliphatic rings. The molecule has 1 aromatic rings. The molecular formula is C18H31Cl2N3O. The van der Waals surface area contributed by atoms with Crippen LogP contribution in [0.15, 0.2) is 30.3 Å². The average molecular weight is 376 g/mol. The molecule has 0 aliphatic heterocycles. The van der Waals surface area contributed by atoms with E-state index in [9.17, 15) is 4.79 Å². The summed E-state index contributed by atoms with van der Waals surface area (Å²) in [5.41, 5.74) is 12.8. The van der Waals surface area contributed by atoms with Crippen LogP contribution in [0.2, 0.25) is 0 Å². The van der Waals surface area contributed by atoms with Gasteiger partial charge in [0.15, 0.2) is 0 Å². The van der Waals surface area contributed by atoms with Crippen LogP contribution in [-0.4, -0.2) is 24.5 Å². The summed E-state index contributed by atoms with van der Waals surface area (Å²) in [7, 11) is 0. The van der Waals surface area contributed by atoms with Gasteiger partial charge >= 0.3 is 0 Å². The number of halogens is 2. The molecule has 0 bridgehead atoms. The monoisotopic (exact) mass is 375 g/mol. The second kappa shape index (κ2) is 10.9. The minimum Gasteiger partial charge on any atom is -0.351 e. The van der Waals surface area contributed by atoms with Crippen molar-refractivity contribution in [2.24, 2.45) is 11.5 Å². The van der Waals surface area contributed by atoms with Gasteiger partial charge in [0.2, 0.25) is 5.91 Å². The highest BCUT2D eigenvalue weighted by atomic mass is 35.5. The molecule has 24 heavy (non-hydrogen) atoms. The zero-order valence-corrected chi connectivity index (χ0v) is 16.0. The summed E-state index contributed by atoms with van der Waals surface area (Å²) in [6.07, 6.45) is 6.11. The second-order valence-electron chi connectivity index (χ2n) is 6.50. The lowest BCUT2D eigenvalue weighted by atomic mass is 9.73. The van der Waals surface area contributed by atoms with Crippen LogP contribution in [0.1, 0.15) is 51.0 Å². The smallest absolute Gasteiger partial charge is 0.237 e. The quantitative estimate of drug-likeness (QED) is 0.684. The number of carbonyl (C=O) groups excluding carboxylic acids is 1. The molecule has 0 heterocycles. The van der Waals surface area contributed by atoms with Gasteiger partial charge in [0, 0.05) is 11.5 Å². The van der Waals surface area contributed by atoms with Crippen molar-refractivity contribution in [2.75, 3.05) is 6.54 Å². The average Bonchev–Trinajstić information content (AvgIpc) is 3.04. The minimum absolute atomic E-state index is 0. The molecular weight excluding hydrogens is 345 g/mol. The first-order valence-electron chi connectivity index (χ1n) is 8.42. The number of nitrogens with one attached hydrogen (secondary N) is 1. The van der Waals surface area contributed by atoms with E-state index in [1.54, 1.807) is 0 Å². The molecule has 1 amide bonds. The van der Waals surface area contributed by atoms with Crippen LogP contribution >= 0.6 is 24.8 Å². The van der Waals surface area contributed by atoms with Crippen molar-refractivity contribution >= 4 is 30.7 Å². The van der Waals surface area contributed by atoms with Gasteiger partial charge in [0.05, 0.1) is 6.04 Å². The summed E-state index contributed by atoms with van der Waals surface area (Å²) in [5.74, 6) is -0.0526. The first-order chi connectivity index (χ1) is 10.6. The van der Waals surface area contributed by atoms with Crippen LogP contribution in [0.3, 0.4) is 0 Å². The minimum atomic E-state index is -0.458. The number of hydrogen-bond acceptors (Lipinski definition) is 3. The molecule has 1 aromatic carbocycles. The van der Waals surface area contributed by atoms with Gasteiger partial charge in [-0.05, 0) is 44.7 Å². The normalized spacial score (nSPS) is 18.0. The third kappa shape index (κ3) is 5.35. The summed E-state index contributed by atoms with van der Waals surface area (Å²) < 4.78 is 0. The Balaban J connectivity index is 0.00000264. The van der Waals surface area contributed by atoms with Gasteiger partial charge in [-0.15, -0.1) is 24.8 Å². The van der Waals surface area contributed by atoms with Crippen molar-refractivity contribution in [3.05, 3.63) is 35.9 Å². The summed E-state index contributed by atoms with van der Waals surface area (Å²) in [5, 5.41) is 3.17. The van der Waals surface area contributed by atoms with Crippen molar-refractivity contribution in [3.63, 3.8) is 0 Å². The van der Waals surface area contributed by atoms with Gasteiger partial charge in [0.25, 0.3) is 0 Å². The topological polar surface area (TPSA) is 81.1 Å². The number of hydrogen-bond donors (Lipinski definition) is 3.